The highest BCUT2D eigenvalue weighted by molar-refractivity contribution is 6.11. The van der Waals surface area contributed by atoms with Crippen LogP contribution in [0.25, 0.3) is 0 Å². The maximum atomic E-state index is 13.3. The summed E-state index contributed by atoms with van der Waals surface area (Å²) < 4.78 is 5.52. The predicted molar refractivity (Wildman–Crippen MR) is 206 cm³/mol. The molecule has 0 aromatic carbocycles. The lowest BCUT2D eigenvalue weighted by Gasteiger charge is -2.30. The van der Waals surface area contributed by atoms with Crippen molar-refractivity contribution in [2.24, 2.45) is 5.73 Å². The van der Waals surface area contributed by atoms with Gasteiger partial charge in [0.15, 0.2) is 11.3 Å². The Balaban J connectivity index is 4.41. The van der Waals surface area contributed by atoms with Crippen LogP contribution in [0.4, 0.5) is 0 Å². The number of unbranched alkanes of at least 4 members (excludes halogenated alkanes) is 10. The number of allylic oxidation sites excluding steroid dienone is 12. The molecule has 0 aliphatic carbocycles. The van der Waals surface area contributed by atoms with Crippen LogP contribution in [0.2, 0.25) is 0 Å². The van der Waals surface area contributed by atoms with Gasteiger partial charge >= 0.3 is 5.97 Å². The first-order valence-corrected chi connectivity index (χ1v) is 19.0. The van der Waals surface area contributed by atoms with E-state index in [1.807, 2.05) is 0 Å². The Morgan fingerprint density at radius 3 is 1.33 bits per heavy atom. The van der Waals surface area contributed by atoms with Crippen molar-refractivity contribution < 1.29 is 19.1 Å². The molecule has 0 aromatic heterocycles. The lowest BCUT2D eigenvalue weighted by molar-refractivity contribution is -0.165. The lowest BCUT2D eigenvalue weighted by atomic mass is 9.85. The lowest BCUT2D eigenvalue weighted by Crippen LogP contribution is -2.58. The maximum absolute atomic E-state index is 13.3. The number of hydrogen-bond donors (Lipinski definition) is 1. The average Bonchev–Trinajstić information content (AvgIpc) is 3.03. The Morgan fingerprint density at radius 2 is 0.896 bits per heavy atom. The minimum absolute atomic E-state index is 0.144. The molecule has 1 unspecified atom stereocenters. The van der Waals surface area contributed by atoms with Crippen LogP contribution in [0.5, 0.6) is 0 Å². The smallest absolute Gasteiger partial charge is 0.334 e. The Labute approximate surface area is 295 Å². The monoisotopic (exact) mass is 666 g/mol. The van der Waals surface area contributed by atoms with E-state index in [-0.39, 0.29) is 24.4 Å². The number of esters is 1. The average molecular weight is 666 g/mol. The third kappa shape index (κ3) is 27.2. The number of carbonyl (C=O) groups excluding carboxylic acids is 3. The van der Waals surface area contributed by atoms with Crippen LogP contribution in [0.1, 0.15) is 169 Å². The largest absolute Gasteiger partial charge is 0.458 e. The summed E-state index contributed by atoms with van der Waals surface area (Å²) in [6, 6.07) is 0. The van der Waals surface area contributed by atoms with Gasteiger partial charge in [-0.25, -0.2) is 4.79 Å². The van der Waals surface area contributed by atoms with Crippen LogP contribution in [0.15, 0.2) is 72.9 Å². The molecule has 1 atom stereocenters. The molecule has 0 rings (SSSR count). The van der Waals surface area contributed by atoms with Crippen LogP contribution >= 0.6 is 0 Å². The number of nitrogens with two attached hydrogens (primary N) is 1. The van der Waals surface area contributed by atoms with Crippen molar-refractivity contribution in [3.63, 3.8) is 0 Å². The first-order chi connectivity index (χ1) is 23.1. The Hall–Kier alpha value is -2.79. The molecule has 0 saturated heterocycles. The van der Waals surface area contributed by atoms with Crippen molar-refractivity contribution in [1.82, 2.24) is 0 Å². The van der Waals surface area contributed by atoms with Gasteiger partial charge in [0.2, 0.25) is 0 Å². The number of carbonyl (C=O) groups is 3. The fourth-order valence-electron chi connectivity index (χ4n) is 5.12. The third-order valence-electron chi connectivity index (χ3n) is 7.90. The standard InChI is InChI=1S/C43H71NO4/c1-6-8-10-12-14-16-18-20-22-24-26-28-30-32-34-36-39(45)38-43(44,41(47)48-42(3,4)5)40(46)37-35-33-31-29-27-25-23-21-19-17-15-13-11-9-7-2/h8-11,14-17,20-23H,6-7,12-13,18-19,24-38,44H2,1-5H3/b10-8-,11-9-,16-14-,17-15-,22-20-,23-21-. The summed E-state index contributed by atoms with van der Waals surface area (Å²) in [5.74, 6) is -1.32. The highest BCUT2D eigenvalue weighted by atomic mass is 16.6. The molecule has 0 bridgehead atoms. The molecule has 0 aliphatic rings. The fraction of sp³-hybridized carbons (Fsp3) is 0.651. The molecule has 0 amide bonds. The number of hydrogen-bond acceptors (Lipinski definition) is 5. The summed E-state index contributed by atoms with van der Waals surface area (Å²) in [5, 5.41) is 0. The molecule has 5 heteroatoms. The van der Waals surface area contributed by atoms with Gasteiger partial charge in [-0.3, -0.25) is 9.59 Å². The van der Waals surface area contributed by atoms with Crippen LogP contribution in [-0.2, 0) is 19.1 Å². The van der Waals surface area contributed by atoms with Gasteiger partial charge in [0, 0.05) is 19.3 Å². The van der Waals surface area contributed by atoms with E-state index in [0.29, 0.717) is 12.8 Å². The summed E-state index contributed by atoms with van der Waals surface area (Å²) in [6.07, 6.45) is 44.8. The van der Waals surface area contributed by atoms with E-state index in [2.05, 4.69) is 86.8 Å². The fourth-order valence-corrected chi connectivity index (χ4v) is 5.12. The van der Waals surface area contributed by atoms with Crippen LogP contribution in [0, 0.1) is 0 Å². The molecular formula is C43H71NO4. The van der Waals surface area contributed by atoms with Crippen LogP contribution < -0.4 is 5.73 Å². The second-order valence-corrected chi connectivity index (χ2v) is 13.8. The summed E-state index contributed by atoms with van der Waals surface area (Å²) in [5.41, 5.74) is 3.73. The zero-order valence-corrected chi connectivity index (χ0v) is 31.5. The minimum atomic E-state index is -1.91. The molecule has 0 aromatic rings. The molecule has 0 spiro atoms. The molecule has 0 fully saturated rings. The van der Waals surface area contributed by atoms with Crippen LogP contribution in [-0.4, -0.2) is 28.7 Å². The molecule has 0 aliphatic heterocycles. The molecule has 48 heavy (non-hydrogen) atoms. The van der Waals surface area contributed by atoms with E-state index in [9.17, 15) is 14.4 Å². The quantitative estimate of drug-likeness (QED) is 0.0357. The van der Waals surface area contributed by atoms with Gasteiger partial charge in [-0.2, -0.15) is 0 Å². The zero-order valence-electron chi connectivity index (χ0n) is 31.5. The molecule has 0 radical (unpaired) electrons. The van der Waals surface area contributed by atoms with E-state index >= 15 is 0 Å². The Bertz CT molecular complexity index is 1020. The van der Waals surface area contributed by atoms with Crippen molar-refractivity contribution in [2.75, 3.05) is 0 Å². The van der Waals surface area contributed by atoms with Gasteiger partial charge in [0.25, 0.3) is 0 Å². The summed E-state index contributed by atoms with van der Waals surface area (Å²) in [4.78, 5) is 39.3. The molecule has 2 N–H and O–H groups in total. The van der Waals surface area contributed by atoms with Crippen LogP contribution in [0.3, 0.4) is 0 Å². The van der Waals surface area contributed by atoms with Gasteiger partial charge < -0.3 is 10.5 Å². The number of ketones is 2. The van der Waals surface area contributed by atoms with Crippen molar-refractivity contribution in [3.8, 4) is 0 Å². The maximum Gasteiger partial charge on any atom is 0.334 e. The van der Waals surface area contributed by atoms with Crippen molar-refractivity contribution >= 4 is 17.5 Å². The predicted octanol–water partition coefficient (Wildman–Crippen LogP) is 11.7. The number of Topliss-reactive ketones (excluding diaryl/α,β-unsaturated/α-hetero) is 2. The Morgan fingerprint density at radius 1 is 0.521 bits per heavy atom. The van der Waals surface area contributed by atoms with Crippen molar-refractivity contribution in [3.05, 3.63) is 72.9 Å². The third-order valence-corrected chi connectivity index (χ3v) is 7.90. The highest BCUT2D eigenvalue weighted by Gasteiger charge is 2.45. The van der Waals surface area contributed by atoms with E-state index in [1.54, 1.807) is 20.8 Å². The molecule has 0 saturated carbocycles. The van der Waals surface area contributed by atoms with Gasteiger partial charge in [-0.1, -0.05) is 125 Å². The van der Waals surface area contributed by atoms with Gasteiger partial charge in [-0.05, 0) is 97.8 Å². The first kappa shape index (κ1) is 45.2. The normalized spacial score (nSPS) is 14.0. The summed E-state index contributed by atoms with van der Waals surface area (Å²) in [7, 11) is 0. The summed E-state index contributed by atoms with van der Waals surface area (Å²) in [6.45, 7) is 9.52. The van der Waals surface area contributed by atoms with Gasteiger partial charge in [0.1, 0.15) is 11.4 Å². The Kier molecular flexibility index (Phi) is 28.5. The minimum Gasteiger partial charge on any atom is -0.458 e. The second-order valence-electron chi connectivity index (χ2n) is 13.8. The summed E-state index contributed by atoms with van der Waals surface area (Å²) >= 11 is 0. The van der Waals surface area contributed by atoms with E-state index in [1.165, 1.54) is 0 Å². The molecular weight excluding hydrogens is 594 g/mol. The highest BCUT2D eigenvalue weighted by Crippen LogP contribution is 2.22. The second kappa shape index (κ2) is 30.3. The molecule has 272 valence electrons. The van der Waals surface area contributed by atoms with Gasteiger partial charge in [-0.15, -0.1) is 0 Å². The van der Waals surface area contributed by atoms with Gasteiger partial charge in [0.05, 0.1) is 0 Å². The van der Waals surface area contributed by atoms with E-state index < -0.39 is 17.1 Å². The molecule has 5 nitrogen and oxygen atoms in total. The zero-order chi connectivity index (χ0) is 35.8. The number of ether oxygens (including phenoxy) is 1. The SMILES string of the molecule is CC/C=C\C/C=C\C/C=C\CCCCCCCC(=O)CC(N)(C(=O)CCCCCCC/C=C\C/C=C\C/C=C\CC)C(=O)OC(C)(C)C. The van der Waals surface area contributed by atoms with Crippen molar-refractivity contribution in [2.45, 2.75) is 181 Å². The number of rotatable bonds is 30. The van der Waals surface area contributed by atoms with E-state index in [4.69, 9.17) is 10.5 Å². The first-order valence-electron chi connectivity index (χ1n) is 19.0. The molecule has 0 heterocycles. The topological polar surface area (TPSA) is 86.5 Å². The van der Waals surface area contributed by atoms with E-state index in [0.717, 1.165) is 109 Å². The van der Waals surface area contributed by atoms with Crippen molar-refractivity contribution in [1.29, 1.82) is 0 Å².